The summed E-state index contributed by atoms with van der Waals surface area (Å²) in [5, 5.41) is 3.69. The summed E-state index contributed by atoms with van der Waals surface area (Å²) in [5.74, 6) is 0. The van der Waals surface area contributed by atoms with E-state index in [1.165, 1.54) is 10.4 Å². The number of hydrogen-bond donors (Lipinski definition) is 1. The van der Waals surface area contributed by atoms with Crippen LogP contribution in [0, 0.1) is 0 Å². The van der Waals surface area contributed by atoms with Crippen LogP contribution in [-0.2, 0) is 16.6 Å². The molecule has 1 aromatic carbocycles. The molecule has 0 fully saturated rings. The summed E-state index contributed by atoms with van der Waals surface area (Å²) in [6.45, 7) is 10.9. The van der Waals surface area contributed by atoms with Gasteiger partial charge in [-0.1, -0.05) is 30.7 Å². The largest absolute Gasteiger partial charge is 0.313 e. The summed E-state index contributed by atoms with van der Waals surface area (Å²) in [7, 11) is -3.59. The Morgan fingerprint density at radius 2 is 1.90 bits per heavy atom. The summed E-state index contributed by atoms with van der Waals surface area (Å²) in [4.78, 5) is 0.225. The molecule has 0 spiro atoms. The van der Waals surface area contributed by atoms with Crippen molar-refractivity contribution in [2.75, 3.05) is 19.6 Å². The summed E-state index contributed by atoms with van der Waals surface area (Å²) in [6, 6.07) is 4.74. The lowest BCUT2D eigenvalue weighted by Gasteiger charge is -2.19. The Morgan fingerprint density at radius 1 is 1.29 bits per heavy atom. The number of benzene rings is 1. The standard InChI is InChI=1S/C15H21ClN2O2S/c1-4-9-18(10-5-2)21(19,20)14-7-8-15(16)13(11-14)12-17-6-3/h4-5,7-8,11,17H,1-2,6,9-10,12H2,3H3. The molecule has 21 heavy (non-hydrogen) atoms. The van der Waals surface area contributed by atoms with Crippen LogP contribution >= 0.6 is 11.6 Å². The van der Waals surface area contributed by atoms with Gasteiger partial charge in [0.25, 0.3) is 0 Å². The maximum atomic E-state index is 12.6. The minimum absolute atomic E-state index is 0.225. The van der Waals surface area contributed by atoms with Gasteiger partial charge in [-0.25, -0.2) is 8.42 Å². The highest BCUT2D eigenvalue weighted by Crippen LogP contribution is 2.23. The zero-order valence-electron chi connectivity index (χ0n) is 12.2. The van der Waals surface area contributed by atoms with Crippen molar-refractivity contribution in [3.63, 3.8) is 0 Å². The van der Waals surface area contributed by atoms with Crippen molar-refractivity contribution in [2.24, 2.45) is 0 Å². The van der Waals surface area contributed by atoms with Crippen LogP contribution in [0.25, 0.3) is 0 Å². The van der Waals surface area contributed by atoms with Crippen molar-refractivity contribution < 1.29 is 8.42 Å². The van der Waals surface area contributed by atoms with Crippen LogP contribution in [0.3, 0.4) is 0 Å². The highest BCUT2D eigenvalue weighted by Gasteiger charge is 2.23. The lowest BCUT2D eigenvalue weighted by Crippen LogP contribution is -2.31. The number of halogens is 1. The molecule has 0 atom stereocenters. The van der Waals surface area contributed by atoms with Gasteiger partial charge in [0, 0.05) is 24.7 Å². The number of nitrogens with zero attached hydrogens (tertiary/aromatic N) is 1. The average Bonchev–Trinajstić information content (AvgIpc) is 2.46. The van der Waals surface area contributed by atoms with Crippen molar-refractivity contribution in [3.8, 4) is 0 Å². The molecule has 1 rings (SSSR count). The predicted molar refractivity (Wildman–Crippen MR) is 88.0 cm³/mol. The van der Waals surface area contributed by atoms with Crippen LogP contribution in [0.4, 0.5) is 0 Å². The first kappa shape index (κ1) is 17.9. The Kier molecular flexibility index (Phi) is 7.11. The molecule has 6 heteroatoms. The third-order valence-corrected chi connectivity index (χ3v) is 5.08. The van der Waals surface area contributed by atoms with E-state index in [9.17, 15) is 8.42 Å². The Morgan fingerprint density at radius 3 is 2.43 bits per heavy atom. The smallest absolute Gasteiger partial charge is 0.243 e. The Bertz CT molecular complexity index is 590. The highest BCUT2D eigenvalue weighted by molar-refractivity contribution is 7.89. The average molecular weight is 329 g/mol. The van der Waals surface area contributed by atoms with E-state index < -0.39 is 10.0 Å². The van der Waals surface area contributed by atoms with E-state index in [1.807, 2.05) is 6.92 Å². The van der Waals surface area contributed by atoms with Gasteiger partial charge in [-0.3, -0.25) is 0 Å². The molecule has 0 aliphatic heterocycles. The summed E-state index contributed by atoms with van der Waals surface area (Å²) in [6.07, 6.45) is 3.10. The van der Waals surface area contributed by atoms with Gasteiger partial charge in [-0.15, -0.1) is 13.2 Å². The first-order chi connectivity index (χ1) is 9.97. The number of rotatable bonds is 9. The normalized spacial score (nSPS) is 11.6. The van der Waals surface area contributed by atoms with Crippen molar-refractivity contribution in [1.29, 1.82) is 0 Å². The van der Waals surface area contributed by atoms with Crippen molar-refractivity contribution in [2.45, 2.75) is 18.4 Å². The highest BCUT2D eigenvalue weighted by atomic mass is 35.5. The SMILES string of the molecule is C=CCN(CC=C)S(=O)(=O)c1ccc(Cl)c(CNCC)c1. The molecule has 0 bridgehead atoms. The van der Waals surface area contributed by atoms with Gasteiger partial charge in [0.05, 0.1) is 4.90 Å². The second-order valence-corrected chi connectivity index (χ2v) is 6.78. The van der Waals surface area contributed by atoms with Gasteiger partial charge < -0.3 is 5.32 Å². The topological polar surface area (TPSA) is 49.4 Å². The van der Waals surface area contributed by atoms with Crippen LogP contribution < -0.4 is 5.32 Å². The summed E-state index contributed by atoms with van der Waals surface area (Å²) >= 11 is 6.10. The van der Waals surface area contributed by atoms with Gasteiger partial charge in [0.15, 0.2) is 0 Å². The van der Waals surface area contributed by atoms with Crippen LogP contribution in [0.1, 0.15) is 12.5 Å². The summed E-state index contributed by atoms with van der Waals surface area (Å²) < 4.78 is 26.5. The molecule has 1 N–H and O–H groups in total. The van der Waals surface area contributed by atoms with Crippen molar-refractivity contribution in [1.82, 2.24) is 9.62 Å². The third kappa shape index (κ3) is 4.68. The van der Waals surface area contributed by atoms with E-state index >= 15 is 0 Å². The van der Waals surface area contributed by atoms with Crippen LogP contribution in [0.15, 0.2) is 48.4 Å². The number of nitrogens with one attached hydrogen (secondary N) is 1. The molecule has 0 saturated heterocycles. The molecular weight excluding hydrogens is 308 g/mol. The molecule has 4 nitrogen and oxygen atoms in total. The molecule has 0 amide bonds. The van der Waals surface area contributed by atoms with Gasteiger partial charge >= 0.3 is 0 Å². The lowest BCUT2D eigenvalue weighted by molar-refractivity contribution is 0.474. The molecule has 116 valence electrons. The minimum atomic E-state index is -3.59. The van der Waals surface area contributed by atoms with E-state index in [0.717, 1.165) is 12.1 Å². The Balaban J connectivity index is 3.17. The van der Waals surface area contributed by atoms with E-state index in [4.69, 9.17) is 11.6 Å². The maximum Gasteiger partial charge on any atom is 0.243 e. The van der Waals surface area contributed by atoms with Gasteiger partial charge in [0.1, 0.15) is 0 Å². The monoisotopic (exact) mass is 328 g/mol. The Labute approximate surface area is 132 Å². The van der Waals surface area contributed by atoms with Crippen molar-refractivity contribution in [3.05, 3.63) is 54.1 Å². The molecule has 0 radical (unpaired) electrons. The van der Waals surface area contributed by atoms with Crippen molar-refractivity contribution >= 4 is 21.6 Å². The fourth-order valence-corrected chi connectivity index (χ4v) is 3.43. The zero-order valence-corrected chi connectivity index (χ0v) is 13.8. The van der Waals surface area contributed by atoms with Gasteiger partial charge in [-0.2, -0.15) is 4.31 Å². The van der Waals surface area contributed by atoms with Crippen LogP contribution in [0.5, 0.6) is 0 Å². The molecule has 0 aromatic heterocycles. The van der Waals surface area contributed by atoms with Crippen LogP contribution in [0.2, 0.25) is 5.02 Å². The first-order valence-electron chi connectivity index (χ1n) is 6.68. The van der Waals surface area contributed by atoms with E-state index in [2.05, 4.69) is 18.5 Å². The van der Waals surface area contributed by atoms with Gasteiger partial charge in [0.2, 0.25) is 10.0 Å². The molecule has 0 unspecified atom stereocenters. The van der Waals surface area contributed by atoms with Crippen LogP contribution in [-0.4, -0.2) is 32.4 Å². The zero-order chi connectivity index (χ0) is 15.9. The molecule has 0 saturated carbocycles. The Hall–Kier alpha value is -1.14. The minimum Gasteiger partial charge on any atom is -0.313 e. The maximum absolute atomic E-state index is 12.6. The quantitative estimate of drug-likeness (QED) is 0.709. The van der Waals surface area contributed by atoms with E-state index in [-0.39, 0.29) is 18.0 Å². The molecule has 0 aliphatic rings. The molecule has 0 heterocycles. The van der Waals surface area contributed by atoms with E-state index in [0.29, 0.717) is 11.6 Å². The lowest BCUT2D eigenvalue weighted by atomic mass is 10.2. The second kappa shape index (κ2) is 8.34. The molecular formula is C15H21ClN2O2S. The summed E-state index contributed by atoms with van der Waals surface area (Å²) in [5.41, 5.74) is 0.761. The molecule has 1 aromatic rings. The fraction of sp³-hybridized carbons (Fsp3) is 0.333. The fourth-order valence-electron chi connectivity index (χ4n) is 1.81. The van der Waals surface area contributed by atoms with E-state index in [1.54, 1.807) is 24.3 Å². The molecule has 0 aliphatic carbocycles. The predicted octanol–water partition coefficient (Wildman–Crippen LogP) is 2.81. The van der Waals surface area contributed by atoms with Gasteiger partial charge in [-0.05, 0) is 30.3 Å². The third-order valence-electron chi connectivity index (χ3n) is 2.89. The number of hydrogen-bond acceptors (Lipinski definition) is 3. The number of sulfonamides is 1. The first-order valence-corrected chi connectivity index (χ1v) is 8.50. The second-order valence-electron chi connectivity index (χ2n) is 4.43.